The monoisotopic (exact) mass is 417 g/mol. The lowest BCUT2D eigenvalue weighted by molar-refractivity contribution is 0.319. The van der Waals surface area contributed by atoms with Crippen LogP contribution in [0.25, 0.3) is 0 Å². The van der Waals surface area contributed by atoms with Gasteiger partial charge in [-0.1, -0.05) is 30.8 Å². The molecule has 2 aliphatic rings. The van der Waals surface area contributed by atoms with Crippen LogP contribution in [0.1, 0.15) is 37.2 Å². The Morgan fingerprint density at radius 3 is 2.92 bits per heavy atom. The molecule has 6 heteroatoms. The summed E-state index contributed by atoms with van der Waals surface area (Å²) in [5.41, 5.74) is 2.26. The van der Waals surface area contributed by atoms with E-state index >= 15 is 0 Å². The molecule has 2 aliphatic heterocycles. The molecule has 0 spiro atoms. The standard InChI is InChI=1S/C19H20BrN3OS/c1-3-24-16-8-7-13(10-14(16)20)18-17(15-6-4-5-9-21-15)22-19-23(18)11-12(2)25-19/h4-10,12,17-18H,3,11H2,1-2H3/t12-,17-,18-/m1/s1. The Balaban J connectivity index is 1.73. The second kappa shape index (κ2) is 7.00. The van der Waals surface area contributed by atoms with Crippen molar-refractivity contribution >= 4 is 32.9 Å². The Morgan fingerprint density at radius 1 is 1.32 bits per heavy atom. The van der Waals surface area contributed by atoms with Crippen LogP contribution in [0.15, 0.2) is 52.1 Å². The highest BCUT2D eigenvalue weighted by Gasteiger charge is 2.43. The molecule has 0 bridgehead atoms. The number of rotatable bonds is 4. The van der Waals surface area contributed by atoms with E-state index < -0.39 is 0 Å². The number of nitrogens with zero attached hydrogens (tertiary/aromatic N) is 3. The van der Waals surface area contributed by atoms with Gasteiger partial charge >= 0.3 is 0 Å². The number of halogens is 1. The molecule has 130 valence electrons. The zero-order valence-corrected chi connectivity index (χ0v) is 16.6. The third-order valence-corrected chi connectivity index (χ3v) is 6.20. The topological polar surface area (TPSA) is 37.7 Å². The van der Waals surface area contributed by atoms with Gasteiger partial charge in [0.05, 0.1) is 22.8 Å². The van der Waals surface area contributed by atoms with Crippen LogP contribution in [0.3, 0.4) is 0 Å². The van der Waals surface area contributed by atoms with Gasteiger partial charge in [0.25, 0.3) is 0 Å². The fourth-order valence-electron chi connectivity index (χ4n) is 3.45. The predicted molar refractivity (Wildman–Crippen MR) is 106 cm³/mol. The molecule has 2 aromatic rings. The fourth-order valence-corrected chi connectivity index (χ4v) is 5.06. The van der Waals surface area contributed by atoms with Crippen LogP contribution in [0.5, 0.6) is 5.75 Å². The fraction of sp³-hybridized carbons (Fsp3) is 0.368. The van der Waals surface area contributed by atoms with Gasteiger partial charge in [0, 0.05) is 18.0 Å². The first-order chi connectivity index (χ1) is 12.2. The van der Waals surface area contributed by atoms with Crippen molar-refractivity contribution in [2.24, 2.45) is 4.99 Å². The summed E-state index contributed by atoms with van der Waals surface area (Å²) >= 11 is 5.51. The van der Waals surface area contributed by atoms with Crippen LogP contribution in [0, 0.1) is 0 Å². The van der Waals surface area contributed by atoms with Crippen molar-refractivity contribution in [2.45, 2.75) is 31.2 Å². The van der Waals surface area contributed by atoms with E-state index in [2.05, 4.69) is 50.9 Å². The van der Waals surface area contributed by atoms with Crippen molar-refractivity contribution in [1.82, 2.24) is 9.88 Å². The molecule has 1 aromatic carbocycles. The number of hydrogen-bond acceptors (Lipinski definition) is 5. The number of benzene rings is 1. The molecule has 25 heavy (non-hydrogen) atoms. The SMILES string of the molecule is CCOc1ccc([C@@H]2[C@@H](c3ccccn3)N=C3S[C@H](C)CN32)cc1Br. The molecule has 1 fully saturated rings. The molecule has 0 aliphatic carbocycles. The molecular formula is C19H20BrN3OS. The highest BCUT2D eigenvalue weighted by Crippen LogP contribution is 2.48. The molecule has 0 radical (unpaired) electrons. The lowest BCUT2D eigenvalue weighted by Crippen LogP contribution is -2.28. The molecule has 1 saturated heterocycles. The van der Waals surface area contributed by atoms with Crippen molar-refractivity contribution in [3.63, 3.8) is 0 Å². The summed E-state index contributed by atoms with van der Waals surface area (Å²) in [6, 6.07) is 12.6. The summed E-state index contributed by atoms with van der Waals surface area (Å²) in [5.74, 6) is 0.879. The summed E-state index contributed by atoms with van der Waals surface area (Å²) in [7, 11) is 0. The molecule has 1 aromatic heterocycles. The number of fused-ring (bicyclic) bond motifs is 1. The van der Waals surface area contributed by atoms with Crippen LogP contribution in [-0.2, 0) is 0 Å². The first-order valence-electron chi connectivity index (χ1n) is 8.51. The number of ether oxygens (including phenoxy) is 1. The summed E-state index contributed by atoms with van der Waals surface area (Å²) in [6.45, 7) is 5.93. The van der Waals surface area contributed by atoms with Gasteiger partial charge in [-0.15, -0.1) is 0 Å². The van der Waals surface area contributed by atoms with E-state index in [9.17, 15) is 0 Å². The zero-order chi connectivity index (χ0) is 17.4. The van der Waals surface area contributed by atoms with Gasteiger partial charge < -0.3 is 9.64 Å². The number of amidine groups is 1. The van der Waals surface area contributed by atoms with Crippen LogP contribution < -0.4 is 4.74 Å². The second-order valence-electron chi connectivity index (χ2n) is 6.26. The van der Waals surface area contributed by atoms with E-state index in [1.807, 2.05) is 43.1 Å². The van der Waals surface area contributed by atoms with E-state index in [1.165, 1.54) is 5.56 Å². The minimum absolute atomic E-state index is 0.0287. The van der Waals surface area contributed by atoms with Crippen LogP contribution >= 0.6 is 27.7 Å². The minimum atomic E-state index is 0.0287. The molecule has 4 rings (SSSR count). The molecule has 0 N–H and O–H groups in total. The number of hydrogen-bond donors (Lipinski definition) is 0. The Labute approximate surface area is 160 Å². The van der Waals surface area contributed by atoms with E-state index in [0.29, 0.717) is 11.9 Å². The van der Waals surface area contributed by atoms with Gasteiger partial charge in [0.15, 0.2) is 5.17 Å². The second-order valence-corrected chi connectivity index (χ2v) is 8.52. The molecule has 4 nitrogen and oxygen atoms in total. The first kappa shape index (κ1) is 16.9. The molecule has 0 amide bonds. The summed E-state index contributed by atoms with van der Waals surface area (Å²) in [5, 5.41) is 1.70. The van der Waals surface area contributed by atoms with E-state index in [4.69, 9.17) is 9.73 Å². The van der Waals surface area contributed by atoms with Gasteiger partial charge in [-0.05, 0) is 52.7 Å². The Bertz CT molecular complexity index is 799. The van der Waals surface area contributed by atoms with Crippen LogP contribution in [0.4, 0.5) is 0 Å². The maximum atomic E-state index is 5.66. The largest absolute Gasteiger partial charge is 0.493 e. The van der Waals surface area contributed by atoms with Crippen LogP contribution in [0.2, 0.25) is 0 Å². The Morgan fingerprint density at radius 2 is 2.20 bits per heavy atom. The van der Waals surface area contributed by atoms with Crippen LogP contribution in [-0.4, -0.2) is 33.5 Å². The Hall–Kier alpha value is -1.53. The Kier molecular flexibility index (Phi) is 4.73. The van der Waals surface area contributed by atoms with E-state index in [-0.39, 0.29) is 12.1 Å². The summed E-state index contributed by atoms with van der Waals surface area (Å²) in [4.78, 5) is 12.0. The molecule has 3 heterocycles. The number of thioether (sulfide) groups is 1. The van der Waals surface area contributed by atoms with Gasteiger partial charge in [-0.25, -0.2) is 0 Å². The van der Waals surface area contributed by atoms with E-state index in [0.717, 1.165) is 27.6 Å². The van der Waals surface area contributed by atoms with Crippen molar-refractivity contribution < 1.29 is 4.74 Å². The lowest BCUT2D eigenvalue weighted by Gasteiger charge is -2.27. The highest BCUT2D eigenvalue weighted by molar-refractivity contribution is 9.10. The highest BCUT2D eigenvalue weighted by atomic mass is 79.9. The van der Waals surface area contributed by atoms with Crippen molar-refractivity contribution in [1.29, 1.82) is 0 Å². The van der Waals surface area contributed by atoms with Crippen molar-refractivity contribution in [3.8, 4) is 5.75 Å². The van der Waals surface area contributed by atoms with Crippen molar-refractivity contribution in [2.75, 3.05) is 13.2 Å². The minimum Gasteiger partial charge on any atom is -0.493 e. The maximum Gasteiger partial charge on any atom is 0.160 e. The number of aromatic nitrogens is 1. The summed E-state index contributed by atoms with van der Waals surface area (Å²) in [6.07, 6.45) is 1.85. The molecule has 3 atom stereocenters. The number of pyridine rings is 1. The molecular weight excluding hydrogens is 398 g/mol. The smallest absolute Gasteiger partial charge is 0.160 e. The van der Waals surface area contributed by atoms with Gasteiger partial charge in [0.1, 0.15) is 11.8 Å². The van der Waals surface area contributed by atoms with Crippen molar-refractivity contribution in [3.05, 3.63) is 58.3 Å². The first-order valence-corrected chi connectivity index (χ1v) is 10.2. The average Bonchev–Trinajstić information content (AvgIpc) is 3.13. The van der Waals surface area contributed by atoms with Gasteiger partial charge in [-0.2, -0.15) is 0 Å². The average molecular weight is 418 g/mol. The summed E-state index contributed by atoms with van der Waals surface area (Å²) < 4.78 is 6.65. The molecule has 0 unspecified atom stereocenters. The maximum absolute atomic E-state index is 5.66. The predicted octanol–water partition coefficient (Wildman–Crippen LogP) is 4.83. The van der Waals surface area contributed by atoms with Gasteiger partial charge in [-0.3, -0.25) is 9.98 Å². The number of aliphatic imine (C=N–C) groups is 1. The lowest BCUT2D eigenvalue weighted by atomic mass is 9.96. The third-order valence-electron chi connectivity index (χ3n) is 4.48. The van der Waals surface area contributed by atoms with Gasteiger partial charge in [0.2, 0.25) is 0 Å². The third kappa shape index (κ3) is 3.17. The quantitative estimate of drug-likeness (QED) is 0.713. The zero-order valence-electron chi connectivity index (χ0n) is 14.2. The normalized spacial score (nSPS) is 25.0. The van der Waals surface area contributed by atoms with E-state index in [1.54, 1.807) is 0 Å². The molecule has 0 saturated carbocycles.